The van der Waals surface area contributed by atoms with E-state index in [9.17, 15) is 14.0 Å². The Kier molecular flexibility index (Phi) is 7.56. The second-order valence-electron chi connectivity index (χ2n) is 7.47. The van der Waals surface area contributed by atoms with Crippen molar-refractivity contribution in [1.82, 2.24) is 14.9 Å². The molecule has 3 rings (SSSR count). The van der Waals surface area contributed by atoms with Crippen molar-refractivity contribution in [3.8, 4) is 5.75 Å². The number of amides is 3. The van der Waals surface area contributed by atoms with Crippen LogP contribution in [0.3, 0.4) is 0 Å². The highest BCUT2D eigenvalue weighted by molar-refractivity contribution is 7.97. The van der Waals surface area contributed by atoms with Crippen LogP contribution in [0.5, 0.6) is 5.75 Å². The number of carbonyl (C=O) groups excluding carboxylic acids is 2. The van der Waals surface area contributed by atoms with E-state index in [4.69, 9.17) is 4.74 Å². The molecule has 0 radical (unpaired) electrons. The zero-order valence-corrected chi connectivity index (χ0v) is 17.0. The van der Waals surface area contributed by atoms with E-state index in [1.165, 1.54) is 18.9 Å². The lowest BCUT2D eigenvalue weighted by Gasteiger charge is -2.16. The Morgan fingerprint density at radius 1 is 1.32 bits per heavy atom. The fourth-order valence-corrected chi connectivity index (χ4v) is 3.81. The van der Waals surface area contributed by atoms with Crippen molar-refractivity contribution in [2.45, 2.75) is 45.1 Å². The Hall–Kier alpha value is -1.80. The Morgan fingerprint density at radius 2 is 2.14 bits per heavy atom. The van der Waals surface area contributed by atoms with E-state index in [0.29, 0.717) is 24.8 Å². The summed E-state index contributed by atoms with van der Waals surface area (Å²) in [4.78, 5) is 24.1. The van der Waals surface area contributed by atoms with Crippen LogP contribution in [0.4, 0.5) is 9.18 Å². The van der Waals surface area contributed by atoms with Gasteiger partial charge in [-0.05, 0) is 56.2 Å². The summed E-state index contributed by atoms with van der Waals surface area (Å²) < 4.78 is 22.9. The molecule has 1 aromatic rings. The summed E-state index contributed by atoms with van der Waals surface area (Å²) in [5, 5.41) is 2.28. The van der Waals surface area contributed by atoms with Crippen LogP contribution in [-0.4, -0.2) is 42.3 Å². The smallest absolute Gasteiger partial charge is 0.324 e. The van der Waals surface area contributed by atoms with Gasteiger partial charge >= 0.3 is 6.03 Å². The molecule has 0 unspecified atom stereocenters. The summed E-state index contributed by atoms with van der Waals surface area (Å²) in [6, 6.07) is 4.86. The first-order valence-corrected chi connectivity index (χ1v) is 10.9. The number of imide groups is 1. The molecule has 1 aromatic carbocycles. The summed E-state index contributed by atoms with van der Waals surface area (Å²) >= 11 is 1.65. The van der Waals surface area contributed by atoms with Gasteiger partial charge in [-0.25, -0.2) is 9.18 Å². The molecule has 1 heterocycles. The Bertz CT molecular complexity index is 699. The van der Waals surface area contributed by atoms with Gasteiger partial charge in [0.15, 0.2) is 11.6 Å². The van der Waals surface area contributed by atoms with Gasteiger partial charge in [-0.15, -0.1) is 0 Å². The molecule has 1 saturated heterocycles. The largest absolute Gasteiger partial charge is 0.490 e. The molecule has 1 aliphatic carbocycles. The highest BCUT2D eigenvalue weighted by atomic mass is 32.2. The molecule has 0 bridgehead atoms. The monoisotopic (exact) mass is 409 g/mol. The molecule has 2 N–H and O–H groups in total. The third-order valence-corrected chi connectivity index (χ3v) is 5.94. The summed E-state index contributed by atoms with van der Waals surface area (Å²) in [6.07, 6.45) is 5.26. The van der Waals surface area contributed by atoms with Crippen molar-refractivity contribution >= 4 is 23.9 Å². The van der Waals surface area contributed by atoms with E-state index in [1.807, 2.05) is 6.92 Å². The van der Waals surface area contributed by atoms with E-state index >= 15 is 0 Å². The summed E-state index contributed by atoms with van der Waals surface area (Å²) in [6.45, 7) is 3.44. The number of halogens is 1. The van der Waals surface area contributed by atoms with Gasteiger partial charge in [0.25, 0.3) is 0 Å². The predicted molar refractivity (Wildman–Crippen MR) is 108 cm³/mol. The van der Waals surface area contributed by atoms with Crippen molar-refractivity contribution in [1.29, 1.82) is 0 Å². The van der Waals surface area contributed by atoms with Crippen LogP contribution in [0.1, 0.15) is 50.6 Å². The second-order valence-corrected chi connectivity index (χ2v) is 8.40. The van der Waals surface area contributed by atoms with Crippen molar-refractivity contribution in [2.24, 2.45) is 5.92 Å². The number of nitrogens with zero attached hydrogens (tertiary/aromatic N) is 1. The predicted octanol–water partition coefficient (Wildman–Crippen LogP) is 3.64. The number of hydrogen-bond acceptors (Lipinski definition) is 5. The van der Waals surface area contributed by atoms with Crippen molar-refractivity contribution in [2.75, 3.05) is 25.4 Å². The maximum absolute atomic E-state index is 13.9. The van der Waals surface area contributed by atoms with Crippen molar-refractivity contribution < 1.29 is 18.7 Å². The molecule has 0 aromatic heterocycles. The van der Waals surface area contributed by atoms with E-state index in [0.717, 1.165) is 30.6 Å². The number of ether oxygens (including phenoxy) is 1. The van der Waals surface area contributed by atoms with Crippen LogP contribution in [0.15, 0.2) is 18.2 Å². The molecule has 6 nitrogen and oxygen atoms in total. The van der Waals surface area contributed by atoms with Gasteiger partial charge in [-0.2, -0.15) is 0 Å². The summed E-state index contributed by atoms with van der Waals surface area (Å²) in [5.74, 6) is 1.35. The fraction of sp³-hybridized carbons (Fsp3) is 0.600. The van der Waals surface area contributed by atoms with Crippen LogP contribution >= 0.6 is 11.9 Å². The van der Waals surface area contributed by atoms with Gasteiger partial charge in [-0.1, -0.05) is 24.4 Å². The molecule has 8 heteroatoms. The van der Waals surface area contributed by atoms with Crippen LogP contribution in [0.25, 0.3) is 0 Å². The second kappa shape index (κ2) is 10.1. The van der Waals surface area contributed by atoms with E-state index < -0.39 is 0 Å². The van der Waals surface area contributed by atoms with Gasteiger partial charge in [-0.3, -0.25) is 14.8 Å². The zero-order chi connectivity index (χ0) is 19.9. The number of urea groups is 1. The first kappa shape index (κ1) is 20.9. The quantitative estimate of drug-likeness (QED) is 0.313. The number of rotatable bonds is 12. The minimum atomic E-state index is -0.308. The van der Waals surface area contributed by atoms with E-state index in [1.54, 1.807) is 29.0 Å². The molecule has 1 atom stereocenters. The number of carbonyl (C=O) groups is 2. The Balaban J connectivity index is 1.29. The highest BCUT2D eigenvalue weighted by Crippen LogP contribution is 2.31. The van der Waals surface area contributed by atoms with Gasteiger partial charge in [0.1, 0.15) is 6.54 Å². The van der Waals surface area contributed by atoms with Crippen molar-refractivity contribution in [3.05, 3.63) is 29.6 Å². The standard InChI is InChI=1S/C20H28FN3O3S/c1-14(16-7-8-17(21)18(11-16)27-13-15-5-6-15)23-28-10-4-2-3-9-24-12-19(25)22-20(24)26/h7-8,11,14-15,23H,2-6,9-10,12-13H2,1H3,(H,22,25,26)/t14-/m1/s1. The maximum atomic E-state index is 13.9. The molecule has 0 spiro atoms. The minimum absolute atomic E-state index is 0.0909. The number of unbranched alkanes of at least 4 members (excludes halogenated alkanes) is 2. The first-order valence-electron chi connectivity index (χ1n) is 9.91. The first-order chi connectivity index (χ1) is 13.5. The lowest BCUT2D eigenvalue weighted by atomic mass is 10.1. The third kappa shape index (κ3) is 6.38. The van der Waals surface area contributed by atoms with Crippen LogP contribution < -0.4 is 14.8 Å². The topological polar surface area (TPSA) is 70.7 Å². The average Bonchev–Trinajstić information content (AvgIpc) is 3.44. The molecule has 2 aliphatic rings. The van der Waals surface area contributed by atoms with Gasteiger partial charge in [0, 0.05) is 18.3 Å². The molecule has 1 saturated carbocycles. The molecule has 3 amide bonds. The molecule has 2 fully saturated rings. The van der Waals surface area contributed by atoms with Gasteiger partial charge in [0.05, 0.1) is 6.61 Å². The summed E-state index contributed by atoms with van der Waals surface area (Å²) in [7, 11) is 0. The van der Waals surface area contributed by atoms with Crippen LogP contribution in [-0.2, 0) is 4.79 Å². The number of nitrogens with one attached hydrogen (secondary N) is 2. The fourth-order valence-electron chi connectivity index (χ4n) is 2.96. The lowest BCUT2D eigenvalue weighted by Crippen LogP contribution is -2.29. The van der Waals surface area contributed by atoms with Crippen LogP contribution in [0.2, 0.25) is 0 Å². The Labute approximate surface area is 169 Å². The highest BCUT2D eigenvalue weighted by Gasteiger charge is 2.25. The molecular formula is C20H28FN3O3S. The third-order valence-electron chi connectivity index (χ3n) is 4.93. The summed E-state index contributed by atoms with van der Waals surface area (Å²) in [5.41, 5.74) is 1.00. The number of hydrogen-bond donors (Lipinski definition) is 2. The molecule has 154 valence electrons. The SMILES string of the molecule is C[C@@H](NSCCCCCN1CC(=O)NC1=O)c1ccc(F)c(OCC2CC2)c1. The van der Waals surface area contributed by atoms with Crippen LogP contribution in [0, 0.1) is 11.7 Å². The average molecular weight is 410 g/mol. The van der Waals surface area contributed by atoms with Gasteiger partial charge < -0.3 is 9.64 Å². The molecule has 28 heavy (non-hydrogen) atoms. The minimum Gasteiger partial charge on any atom is -0.490 e. The van der Waals surface area contributed by atoms with E-state index in [2.05, 4.69) is 10.0 Å². The maximum Gasteiger partial charge on any atom is 0.324 e. The van der Waals surface area contributed by atoms with E-state index in [-0.39, 0.29) is 30.3 Å². The number of benzene rings is 1. The lowest BCUT2D eigenvalue weighted by molar-refractivity contribution is -0.118. The molecule has 1 aliphatic heterocycles. The zero-order valence-electron chi connectivity index (χ0n) is 16.2. The van der Waals surface area contributed by atoms with Gasteiger partial charge in [0.2, 0.25) is 5.91 Å². The normalized spacial score (nSPS) is 17.7. The molecular weight excluding hydrogens is 381 g/mol. The Morgan fingerprint density at radius 3 is 2.86 bits per heavy atom. The van der Waals surface area contributed by atoms with Crippen molar-refractivity contribution in [3.63, 3.8) is 0 Å².